The van der Waals surface area contributed by atoms with E-state index >= 15 is 0 Å². The quantitative estimate of drug-likeness (QED) is 0.676. The highest BCUT2D eigenvalue weighted by atomic mass is 16.3. The Kier molecular flexibility index (Phi) is 5.26. The molecule has 0 spiro atoms. The second-order valence-electron chi connectivity index (χ2n) is 8.25. The molecule has 1 aliphatic heterocycles. The molecule has 0 aromatic carbocycles. The van der Waals surface area contributed by atoms with Gasteiger partial charge in [-0.25, -0.2) is 9.97 Å². The predicted molar refractivity (Wildman–Crippen MR) is 115 cm³/mol. The summed E-state index contributed by atoms with van der Waals surface area (Å²) in [7, 11) is 1.84. The van der Waals surface area contributed by atoms with Gasteiger partial charge in [0.05, 0.1) is 17.5 Å². The number of pyridine rings is 2. The molecular formula is C22H26N6O2. The van der Waals surface area contributed by atoms with E-state index in [-0.39, 0.29) is 11.8 Å². The Balaban J connectivity index is 1.48. The molecule has 8 heteroatoms. The highest BCUT2D eigenvalue weighted by molar-refractivity contribution is 6.02. The molecule has 4 heterocycles. The van der Waals surface area contributed by atoms with Crippen LogP contribution in [0.4, 0.5) is 11.5 Å². The molecule has 156 valence electrons. The van der Waals surface area contributed by atoms with Gasteiger partial charge >= 0.3 is 0 Å². The third kappa shape index (κ3) is 4.33. The lowest BCUT2D eigenvalue weighted by atomic mass is 9.90. The highest BCUT2D eigenvalue weighted by Gasteiger charge is 2.33. The maximum Gasteiger partial charge on any atom is 0.275 e. The van der Waals surface area contributed by atoms with Gasteiger partial charge in [0.25, 0.3) is 5.91 Å². The maximum atomic E-state index is 12.7. The fourth-order valence-electron chi connectivity index (χ4n) is 3.71. The average Bonchev–Trinajstić information content (AvgIpc) is 3.37. The van der Waals surface area contributed by atoms with Crippen molar-refractivity contribution in [1.82, 2.24) is 19.7 Å². The van der Waals surface area contributed by atoms with Crippen LogP contribution in [0.25, 0.3) is 11.3 Å². The SMILES string of the molecule is Cn1cc(-c2cccc(C(=O)Nc3cc(N4CCC(C(C)(C)O)C4)ccn3)n2)cn1. The van der Waals surface area contributed by atoms with Gasteiger partial charge in [-0.15, -0.1) is 0 Å². The van der Waals surface area contributed by atoms with Gasteiger partial charge in [-0.1, -0.05) is 6.07 Å². The molecule has 8 nitrogen and oxygen atoms in total. The van der Waals surface area contributed by atoms with Crippen LogP contribution < -0.4 is 10.2 Å². The molecule has 1 atom stereocenters. The largest absolute Gasteiger partial charge is 0.390 e. The summed E-state index contributed by atoms with van der Waals surface area (Å²) >= 11 is 0. The molecule has 0 radical (unpaired) electrons. The first-order valence-corrected chi connectivity index (χ1v) is 10.0. The van der Waals surface area contributed by atoms with Crippen LogP contribution in [0.5, 0.6) is 0 Å². The normalized spacial score (nSPS) is 16.7. The smallest absolute Gasteiger partial charge is 0.275 e. The number of rotatable bonds is 5. The Morgan fingerprint density at radius 3 is 2.83 bits per heavy atom. The third-order valence-electron chi connectivity index (χ3n) is 5.52. The summed E-state index contributed by atoms with van der Waals surface area (Å²) in [6.07, 6.45) is 6.18. The Hall–Kier alpha value is -3.26. The summed E-state index contributed by atoms with van der Waals surface area (Å²) in [6.45, 7) is 5.34. The molecule has 1 fully saturated rings. The van der Waals surface area contributed by atoms with Gasteiger partial charge in [-0.2, -0.15) is 5.10 Å². The zero-order valence-corrected chi connectivity index (χ0v) is 17.4. The Morgan fingerprint density at radius 2 is 2.13 bits per heavy atom. The highest BCUT2D eigenvalue weighted by Crippen LogP contribution is 2.31. The maximum absolute atomic E-state index is 12.7. The van der Waals surface area contributed by atoms with Crippen molar-refractivity contribution in [1.29, 1.82) is 0 Å². The van der Waals surface area contributed by atoms with Gasteiger partial charge in [-0.05, 0) is 38.5 Å². The number of aliphatic hydroxyl groups is 1. The number of nitrogens with one attached hydrogen (secondary N) is 1. The minimum atomic E-state index is -0.705. The van der Waals surface area contributed by atoms with E-state index in [1.165, 1.54) is 0 Å². The minimum Gasteiger partial charge on any atom is -0.390 e. The Bertz CT molecular complexity index is 1060. The summed E-state index contributed by atoms with van der Waals surface area (Å²) in [5.74, 6) is 0.363. The number of nitrogens with zero attached hydrogens (tertiary/aromatic N) is 5. The average molecular weight is 406 g/mol. The Morgan fingerprint density at radius 1 is 1.30 bits per heavy atom. The number of carbonyl (C=O) groups excluding carboxylic acids is 1. The lowest BCUT2D eigenvalue weighted by Gasteiger charge is -2.26. The van der Waals surface area contributed by atoms with Crippen molar-refractivity contribution < 1.29 is 9.90 Å². The monoisotopic (exact) mass is 406 g/mol. The van der Waals surface area contributed by atoms with E-state index in [0.717, 1.165) is 30.8 Å². The number of carbonyl (C=O) groups is 1. The molecule has 1 amide bonds. The van der Waals surface area contributed by atoms with E-state index in [1.54, 1.807) is 29.2 Å². The molecule has 1 aliphatic rings. The molecule has 0 bridgehead atoms. The predicted octanol–water partition coefficient (Wildman–Crippen LogP) is 2.73. The number of anilines is 2. The molecule has 0 aliphatic carbocycles. The van der Waals surface area contributed by atoms with Gasteiger partial charge in [0.1, 0.15) is 11.5 Å². The molecule has 3 aromatic heterocycles. The van der Waals surface area contributed by atoms with Crippen LogP contribution in [0.3, 0.4) is 0 Å². The number of aromatic nitrogens is 4. The van der Waals surface area contributed by atoms with Crippen LogP contribution in [0.2, 0.25) is 0 Å². The minimum absolute atomic E-state index is 0.211. The topological polar surface area (TPSA) is 96.2 Å². The van der Waals surface area contributed by atoms with Crippen molar-refractivity contribution in [2.75, 3.05) is 23.3 Å². The second-order valence-corrected chi connectivity index (χ2v) is 8.25. The van der Waals surface area contributed by atoms with E-state index in [9.17, 15) is 9.90 Å². The molecule has 30 heavy (non-hydrogen) atoms. The molecule has 4 rings (SSSR count). The van der Waals surface area contributed by atoms with Gasteiger partial charge in [-0.3, -0.25) is 9.48 Å². The summed E-state index contributed by atoms with van der Waals surface area (Å²) in [6, 6.07) is 9.10. The van der Waals surface area contributed by atoms with Crippen molar-refractivity contribution >= 4 is 17.4 Å². The van der Waals surface area contributed by atoms with Crippen molar-refractivity contribution in [3.05, 3.63) is 54.6 Å². The van der Waals surface area contributed by atoms with E-state index in [2.05, 4.69) is 25.3 Å². The zero-order chi connectivity index (χ0) is 21.3. The summed E-state index contributed by atoms with van der Waals surface area (Å²) < 4.78 is 1.69. The van der Waals surface area contributed by atoms with Crippen LogP contribution in [-0.2, 0) is 7.05 Å². The lowest BCUT2D eigenvalue weighted by molar-refractivity contribution is 0.0263. The van der Waals surface area contributed by atoms with Crippen LogP contribution in [0, 0.1) is 5.92 Å². The summed E-state index contributed by atoms with van der Waals surface area (Å²) in [5, 5.41) is 17.3. The second kappa shape index (κ2) is 7.87. The van der Waals surface area contributed by atoms with Crippen LogP contribution in [0.1, 0.15) is 30.8 Å². The number of hydrogen-bond donors (Lipinski definition) is 2. The van der Waals surface area contributed by atoms with Crippen molar-refractivity contribution in [3.8, 4) is 11.3 Å². The van der Waals surface area contributed by atoms with Gasteiger partial charge in [0.15, 0.2) is 0 Å². The van der Waals surface area contributed by atoms with Crippen LogP contribution in [0.15, 0.2) is 48.9 Å². The van der Waals surface area contributed by atoms with Crippen molar-refractivity contribution in [3.63, 3.8) is 0 Å². The zero-order valence-electron chi connectivity index (χ0n) is 17.4. The van der Waals surface area contributed by atoms with E-state index in [1.807, 2.05) is 45.3 Å². The first-order valence-electron chi connectivity index (χ1n) is 10.0. The Labute approximate surface area is 175 Å². The van der Waals surface area contributed by atoms with Gasteiger partial charge in [0.2, 0.25) is 0 Å². The summed E-state index contributed by atoms with van der Waals surface area (Å²) in [5.41, 5.74) is 2.12. The van der Waals surface area contributed by atoms with Crippen LogP contribution >= 0.6 is 0 Å². The fraction of sp³-hybridized carbons (Fsp3) is 0.364. The molecule has 2 N–H and O–H groups in total. The van der Waals surface area contributed by atoms with Gasteiger partial charge < -0.3 is 15.3 Å². The number of amides is 1. The van der Waals surface area contributed by atoms with Crippen molar-refractivity contribution in [2.24, 2.45) is 13.0 Å². The molecule has 1 unspecified atom stereocenters. The van der Waals surface area contributed by atoms with Crippen LogP contribution in [-0.4, -0.2) is 49.5 Å². The first-order chi connectivity index (χ1) is 14.3. The van der Waals surface area contributed by atoms with Gasteiger partial charge in [0, 0.05) is 55.8 Å². The standard InChI is InChI=1S/C22H26N6O2/c1-22(2,30)16-8-10-28(14-16)17-7-9-23-20(11-17)26-21(29)19-6-4-5-18(25-19)15-12-24-27(3)13-15/h4-7,9,11-13,16,30H,8,10,14H2,1-3H3,(H,23,26,29). The third-order valence-corrected chi connectivity index (χ3v) is 5.52. The lowest BCUT2D eigenvalue weighted by Crippen LogP contribution is -2.33. The van der Waals surface area contributed by atoms with Crippen molar-refractivity contribution in [2.45, 2.75) is 25.9 Å². The van der Waals surface area contributed by atoms with E-state index in [4.69, 9.17) is 0 Å². The molecular weight excluding hydrogens is 380 g/mol. The number of aryl methyl sites for hydroxylation is 1. The van der Waals surface area contributed by atoms with E-state index < -0.39 is 5.60 Å². The fourth-order valence-corrected chi connectivity index (χ4v) is 3.71. The molecule has 1 saturated heterocycles. The molecule has 0 saturated carbocycles. The first kappa shape index (κ1) is 20.0. The molecule has 3 aromatic rings. The number of hydrogen-bond acceptors (Lipinski definition) is 6. The summed E-state index contributed by atoms with van der Waals surface area (Å²) in [4.78, 5) is 23.7. The van der Waals surface area contributed by atoms with E-state index in [0.29, 0.717) is 17.2 Å².